The lowest BCUT2D eigenvalue weighted by Crippen LogP contribution is -2.29. The monoisotopic (exact) mass is 462 g/mol. The lowest BCUT2D eigenvalue weighted by molar-refractivity contribution is -0.140. The standard InChI is InChI=1S/C26H23ClN2O4/c1-3-33-21-14-19(7-8-20(21)27)24(30)22-23(18-6-4-5-16(2)13-18)29(26(32)25(22)31)15-17-9-11-28-12-10-17/h4-14,23,30H,3,15H2,1-2H3/b24-22-. The fourth-order valence-corrected chi connectivity index (χ4v) is 4.16. The number of ether oxygens (including phenoxy) is 1. The van der Waals surface area contributed by atoms with Gasteiger partial charge in [0.05, 0.1) is 23.2 Å². The summed E-state index contributed by atoms with van der Waals surface area (Å²) in [5.41, 5.74) is 2.93. The number of hydrogen-bond donors (Lipinski definition) is 1. The fourth-order valence-electron chi connectivity index (χ4n) is 3.99. The number of amides is 1. The third kappa shape index (κ3) is 4.47. The van der Waals surface area contributed by atoms with Crippen molar-refractivity contribution >= 4 is 29.1 Å². The summed E-state index contributed by atoms with van der Waals surface area (Å²) >= 11 is 6.19. The van der Waals surface area contributed by atoms with Gasteiger partial charge >= 0.3 is 0 Å². The van der Waals surface area contributed by atoms with E-state index in [4.69, 9.17) is 16.3 Å². The van der Waals surface area contributed by atoms with Crippen molar-refractivity contribution in [3.63, 3.8) is 0 Å². The summed E-state index contributed by atoms with van der Waals surface area (Å²) in [5.74, 6) is -1.28. The van der Waals surface area contributed by atoms with Crippen LogP contribution >= 0.6 is 11.6 Å². The second kappa shape index (κ2) is 9.46. The van der Waals surface area contributed by atoms with Gasteiger partial charge in [-0.3, -0.25) is 14.6 Å². The van der Waals surface area contributed by atoms with Gasteiger partial charge in [0.15, 0.2) is 0 Å². The smallest absolute Gasteiger partial charge is 0.295 e. The fraction of sp³-hybridized carbons (Fsp3) is 0.192. The highest BCUT2D eigenvalue weighted by molar-refractivity contribution is 6.46. The quantitative estimate of drug-likeness (QED) is 0.314. The zero-order valence-electron chi connectivity index (χ0n) is 18.3. The molecule has 1 atom stereocenters. The first-order valence-corrected chi connectivity index (χ1v) is 10.9. The van der Waals surface area contributed by atoms with E-state index in [1.165, 1.54) is 4.90 Å². The van der Waals surface area contributed by atoms with Crippen LogP contribution in [0.1, 0.15) is 35.2 Å². The number of aromatic nitrogens is 1. The number of pyridine rings is 1. The maximum Gasteiger partial charge on any atom is 0.295 e. The zero-order chi connectivity index (χ0) is 23.5. The highest BCUT2D eigenvalue weighted by Crippen LogP contribution is 2.41. The van der Waals surface area contributed by atoms with Gasteiger partial charge in [0.2, 0.25) is 0 Å². The summed E-state index contributed by atoms with van der Waals surface area (Å²) in [6.45, 7) is 4.36. The number of benzene rings is 2. The minimum Gasteiger partial charge on any atom is -0.507 e. The number of halogens is 1. The van der Waals surface area contributed by atoms with Crippen molar-refractivity contribution in [1.82, 2.24) is 9.88 Å². The number of likely N-dealkylation sites (tertiary alicyclic amines) is 1. The molecule has 7 heteroatoms. The predicted octanol–water partition coefficient (Wildman–Crippen LogP) is 5.06. The van der Waals surface area contributed by atoms with E-state index in [0.29, 0.717) is 22.9 Å². The number of nitrogens with zero attached hydrogens (tertiary/aromatic N) is 2. The molecule has 4 rings (SSSR count). The SMILES string of the molecule is CCOc1cc(/C(O)=C2/C(=O)C(=O)N(Cc3ccncc3)C2c2cccc(C)c2)ccc1Cl. The van der Waals surface area contributed by atoms with E-state index in [-0.39, 0.29) is 17.9 Å². The second-order valence-electron chi connectivity index (χ2n) is 7.77. The summed E-state index contributed by atoms with van der Waals surface area (Å²) < 4.78 is 5.53. The van der Waals surface area contributed by atoms with E-state index in [2.05, 4.69) is 4.98 Å². The van der Waals surface area contributed by atoms with Crippen LogP contribution in [0.25, 0.3) is 5.76 Å². The van der Waals surface area contributed by atoms with Gasteiger partial charge < -0.3 is 14.7 Å². The van der Waals surface area contributed by atoms with Crippen LogP contribution < -0.4 is 4.74 Å². The van der Waals surface area contributed by atoms with Crippen LogP contribution in [0, 0.1) is 6.92 Å². The lowest BCUT2D eigenvalue weighted by atomic mass is 9.94. The van der Waals surface area contributed by atoms with Gasteiger partial charge in [-0.1, -0.05) is 41.4 Å². The molecule has 1 aliphatic rings. The maximum atomic E-state index is 13.2. The third-order valence-electron chi connectivity index (χ3n) is 5.50. The highest BCUT2D eigenvalue weighted by atomic mass is 35.5. The summed E-state index contributed by atoms with van der Waals surface area (Å²) in [6, 6.07) is 15.2. The number of ketones is 1. The van der Waals surface area contributed by atoms with Crippen molar-refractivity contribution in [2.75, 3.05) is 6.61 Å². The molecule has 0 radical (unpaired) electrons. The van der Waals surface area contributed by atoms with Crippen molar-refractivity contribution in [2.24, 2.45) is 0 Å². The van der Waals surface area contributed by atoms with Crippen molar-refractivity contribution in [1.29, 1.82) is 0 Å². The summed E-state index contributed by atoms with van der Waals surface area (Å²) in [5, 5.41) is 11.6. The Bertz CT molecular complexity index is 1240. The van der Waals surface area contributed by atoms with E-state index in [9.17, 15) is 14.7 Å². The molecular formula is C26H23ClN2O4. The molecule has 1 N–H and O–H groups in total. The first-order valence-electron chi connectivity index (χ1n) is 10.6. The molecule has 0 spiro atoms. The number of hydrogen-bond acceptors (Lipinski definition) is 5. The molecule has 1 saturated heterocycles. The normalized spacial score (nSPS) is 17.4. The van der Waals surface area contributed by atoms with Crippen LogP contribution in [0.15, 0.2) is 72.6 Å². The van der Waals surface area contributed by atoms with Gasteiger partial charge in [0, 0.05) is 24.5 Å². The molecule has 3 aromatic rings. The molecule has 1 unspecified atom stereocenters. The Hall–Kier alpha value is -3.64. The van der Waals surface area contributed by atoms with E-state index >= 15 is 0 Å². The van der Waals surface area contributed by atoms with Crippen LogP contribution in [-0.4, -0.2) is 33.3 Å². The Balaban J connectivity index is 1.87. The molecule has 0 aliphatic carbocycles. The third-order valence-corrected chi connectivity index (χ3v) is 5.82. The van der Waals surface area contributed by atoms with E-state index < -0.39 is 17.7 Å². The molecule has 0 bridgehead atoms. The van der Waals surface area contributed by atoms with Crippen molar-refractivity contribution in [3.8, 4) is 5.75 Å². The summed E-state index contributed by atoms with van der Waals surface area (Å²) in [6.07, 6.45) is 3.27. The number of aliphatic hydroxyl groups excluding tert-OH is 1. The number of carbonyl (C=O) groups is 2. The average molecular weight is 463 g/mol. The van der Waals surface area contributed by atoms with Crippen LogP contribution in [0.2, 0.25) is 5.02 Å². The molecule has 168 valence electrons. The molecule has 33 heavy (non-hydrogen) atoms. The Labute approximate surface area is 197 Å². The Morgan fingerprint density at radius 1 is 1.12 bits per heavy atom. The molecule has 1 aromatic heterocycles. The van der Waals surface area contributed by atoms with Crippen LogP contribution in [0.3, 0.4) is 0 Å². The van der Waals surface area contributed by atoms with Crippen molar-refractivity contribution in [2.45, 2.75) is 26.4 Å². The van der Waals surface area contributed by atoms with Crippen molar-refractivity contribution < 1.29 is 19.4 Å². The topological polar surface area (TPSA) is 79.7 Å². The summed E-state index contributed by atoms with van der Waals surface area (Å²) in [7, 11) is 0. The first-order chi connectivity index (χ1) is 15.9. The molecule has 1 aliphatic heterocycles. The van der Waals surface area contributed by atoms with Gasteiger partial charge in [-0.2, -0.15) is 0 Å². The molecule has 2 heterocycles. The molecule has 0 saturated carbocycles. The van der Waals surface area contributed by atoms with E-state index in [0.717, 1.165) is 16.7 Å². The van der Waals surface area contributed by atoms with Gasteiger partial charge in [0.1, 0.15) is 11.5 Å². The lowest BCUT2D eigenvalue weighted by Gasteiger charge is -2.25. The number of rotatable bonds is 6. The Kier molecular flexibility index (Phi) is 6.47. The Morgan fingerprint density at radius 3 is 2.58 bits per heavy atom. The number of aliphatic hydroxyl groups is 1. The molecule has 6 nitrogen and oxygen atoms in total. The molecule has 1 fully saturated rings. The van der Waals surface area contributed by atoms with Crippen LogP contribution in [-0.2, 0) is 16.1 Å². The average Bonchev–Trinajstić information content (AvgIpc) is 3.06. The highest BCUT2D eigenvalue weighted by Gasteiger charge is 2.46. The van der Waals surface area contributed by atoms with E-state index in [1.807, 2.05) is 38.1 Å². The predicted molar refractivity (Wildman–Crippen MR) is 126 cm³/mol. The largest absolute Gasteiger partial charge is 0.507 e. The minimum absolute atomic E-state index is 0.0319. The van der Waals surface area contributed by atoms with Gasteiger partial charge in [-0.05, 0) is 55.3 Å². The van der Waals surface area contributed by atoms with Gasteiger partial charge in [-0.15, -0.1) is 0 Å². The number of Topliss-reactive ketones (excluding diaryl/α,β-unsaturated/α-hetero) is 1. The Morgan fingerprint density at radius 2 is 1.88 bits per heavy atom. The van der Waals surface area contributed by atoms with Crippen LogP contribution in [0.4, 0.5) is 0 Å². The second-order valence-corrected chi connectivity index (χ2v) is 8.18. The number of carbonyl (C=O) groups excluding carboxylic acids is 2. The van der Waals surface area contributed by atoms with Crippen molar-refractivity contribution in [3.05, 3.63) is 99.8 Å². The maximum absolute atomic E-state index is 13.2. The van der Waals surface area contributed by atoms with Gasteiger partial charge in [0.25, 0.3) is 11.7 Å². The van der Waals surface area contributed by atoms with Gasteiger partial charge in [-0.25, -0.2) is 0 Å². The molecule has 2 aromatic carbocycles. The minimum atomic E-state index is -0.746. The van der Waals surface area contributed by atoms with Crippen LogP contribution in [0.5, 0.6) is 5.75 Å². The molecular weight excluding hydrogens is 440 g/mol. The zero-order valence-corrected chi connectivity index (χ0v) is 19.0. The first kappa shape index (κ1) is 22.6. The van der Waals surface area contributed by atoms with E-state index in [1.54, 1.807) is 42.7 Å². The number of aryl methyl sites for hydroxylation is 1. The summed E-state index contributed by atoms with van der Waals surface area (Å²) in [4.78, 5) is 31.8. The molecule has 1 amide bonds.